The predicted molar refractivity (Wildman–Crippen MR) is 69.2 cm³/mol. The number of hydrogen-bond donors (Lipinski definition) is 2. The Bertz CT molecular complexity index is 709. The average Bonchev–Trinajstić information content (AvgIpc) is 2.44. The van der Waals surface area contributed by atoms with Crippen LogP contribution < -0.4 is 11.1 Å². The van der Waals surface area contributed by atoms with E-state index in [1.165, 1.54) is 24.3 Å². The normalized spacial score (nSPS) is 10.2. The van der Waals surface area contributed by atoms with E-state index in [1.807, 2.05) is 0 Å². The molecule has 0 saturated heterocycles. The lowest BCUT2D eigenvalue weighted by Gasteiger charge is -2.07. The number of nitrogens with one attached hydrogen (secondary N) is 1. The van der Waals surface area contributed by atoms with Gasteiger partial charge in [0.1, 0.15) is 0 Å². The van der Waals surface area contributed by atoms with Gasteiger partial charge in [-0.25, -0.2) is 13.2 Å². The summed E-state index contributed by atoms with van der Waals surface area (Å²) < 4.78 is 38.9. The van der Waals surface area contributed by atoms with E-state index in [4.69, 9.17) is 5.73 Å². The van der Waals surface area contributed by atoms with E-state index in [2.05, 4.69) is 5.32 Å². The highest BCUT2D eigenvalue weighted by Crippen LogP contribution is 2.16. The standard InChI is InChI=1S/C14H9F3N2O2/c15-10-5-8(6-11(16)12(10)17)14(21)19-9-3-1-2-7(4-9)13(18)20/h1-6H,(H2,18,20)(H,19,21). The zero-order valence-electron chi connectivity index (χ0n) is 10.5. The third kappa shape index (κ3) is 3.19. The fraction of sp³-hybridized carbons (Fsp3) is 0. The van der Waals surface area contributed by atoms with E-state index in [1.54, 1.807) is 0 Å². The largest absolute Gasteiger partial charge is 0.366 e. The predicted octanol–water partition coefficient (Wildman–Crippen LogP) is 2.46. The Morgan fingerprint density at radius 3 is 2.14 bits per heavy atom. The van der Waals surface area contributed by atoms with E-state index >= 15 is 0 Å². The van der Waals surface area contributed by atoms with Crippen molar-refractivity contribution in [3.8, 4) is 0 Å². The van der Waals surface area contributed by atoms with Gasteiger partial charge >= 0.3 is 0 Å². The fourth-order valence-corrected chi connectivity index (χ4v) is 1.64. The Balaban J connectivity index is 2.26. The second-order valence-corrected chi connectivity index (χ2v) is 4.15. The van der Waals surface area contributed by atoms with Gasteiger partial charge in [-0.1, -0.05) is 6.07 Å². The van der Waals surface area contributed by atoms with Crippen molar-refractivity contribution in [1.29, 1.82) is 0 Å². The third-order valence-corrected chi connectivity index (χ3v) is 2.65. The maximum Gasteiger partial charge on any atom is 0.255 e. The lowest BCUT2D eigenvalue weighted by atomic mass is 10.1. The SMILES string of the molecule is NC(=O)c1cccc(NC(=O)c2cc(F)c(F)c(F)c2)c1. The molecule has 0 fully saturated rings. The second kappa shape index (κ2) is 5.66. The second-order valence-electron chi connectivity index (χ2n) is 4.15. The smallest absolute Gasteiger partial charge is 0.255 e. The number of amides is 2. The summed E-state index contributed by atoms with van der Waals surface area (Å²) in [5.41, 5.74) is 5.06. The molecule has 0 aromatic heterocycles. The lowest BCUT2D eigenvalue weighted by Crippen LogP contribution is -2.15. The molecule has 4 nitrogen and oxygen atoms in total. The summed E-state index contributed by atoms with van der Waals surface area (Å²) in [5.74, 6) is -6.13. The van der Waals surface area contributed by atoms with Crippen molar-refractivity contribution in [1.82, 2.24) is 0 Å². The number of primary amides is 1. The Morgan fingerprint density at radius 1 is 0.952 bits per heavy atom. The molecule has 0 atom stereocenters. The van der Waals surface area contributed by atoms with E-state index in [9.17, 15) is 22.8 Å². The zero-order valence-corrected chi connectivity index (χ0v) is 10.5. The first-order chi connectivity index (χ1) is 9.88. The molecule has 21 heavy (non-hydrogen) atoms. The van der Waals surface area contributed by atoms with Crippen LogP contribution in [0.5, 0.6) is 0 Å². The lowest BCUT2D eigenvalue weighted by molar-refractivity contribution is 0.0996. The first kappa shape index (κ1) is 14.6. The molecule has 2 rings (SSSR count). The quantitative estimate of drug-likeness (QED) is 0.853. The molecule has 2 amide bonds. The zero-order chi connectivity index (χ0) is 15.6. The van der Waals surface area contributed by atoms with Crippen LogP contribution >= 0.6 is 0 Å². The first-order valence-electron chi connectivity index (χ1n) is 5.74. The van der Waals surface area contributed by atoms with Crippen molar-refractivity contribution in [2.24, 2.45) is 5.73 Å². The summed E-state index contributed by atoms with van der Waals surface area (Å²) in [4.78, 5) is 22.8. The molecule has 0 unspecified atom stereocenters. The summed E-state index contributed by atoms with van der Waals surface area (Å²) in [6, 6.07) is 6.82. The van der Waals surface area contributed by atoms with E-state index in [0.29, 0.717) is 12.1 Å². The number of rotatable bonds is 3. The van der Waals surface area contributed by atoms with Gasteiger partial charge in [0, 0.05) is 16.8 Å². The number of carbonyl (C=O) groups is 2. The van der Waals surface area contributed by atoms with Crippen LogP contribution in [0.4, 0.5) is 18.9 Å². The van der Waals surface area contributed by atoms with Gasteiger partial charge in [-0.3, -0.25) is 9.59 Å². The van der Waals surface area contributed by atoms with Crippen molar-refractivity contribution >= 4 is 17.5 Å². The number of anilines is 1. The van der Waals surface area contributed by atoms with Crippen LogP contribution in [0.15, 0.2) is 36.4 Å². The van der Waals surface area contributed by atoms with Gasteiger partial charge in [0.15, 0.2) is 17.5 Å². The molecular formula is C14H9F3N2O2. The summed E-state index contributed by atoms with van der Waals surface area (Å²) >= 11 is 0. The number of hydrogen-bond acceptors (Lipinski definition) is 2. The van der Waals surface area contributed by atoms with Crippen molar-refractivity contribution in [2.75, 3.05) is 5.32 Å². The number of carbonyl (C=O) groups excluding carboxylic acids is 2. The van der Waals surface area contributed by atoms with Gasteiger partial charge in [0.25, 0.3) is 5.91 Å². The van der Waals surface area contributed by atoms with Gasteiger partial charge in [-0.15, -0.1) is 0 Å². The summed E-state index contributed by atoms with van der Waals surface area (Å²) in [6.45, 7) is 0. The molecule has 3 N–H and O–H groups in total. The molecule has 0 spiro atoms. The molecule has 0 aliphatic heterocycles. The van der Waals surface area contributed by atoms with Crippen LogP contribution in [0.2, 0.25) is 0 Å². The third-order valence-electron chi connectivity index (χ3n) is 2.65. The van der Waals surface area contributed by atoms with E-state index < -0.39 is 34.8 Å². The fourth-order valence-electron chi connectivity index (χ4n) is 1.64. The Labute approximate surface area is 117 Å². The minimum Gasteiger partial charge on any atom is -0.366 e. The van der Waals surface area contributed by atoms with Gasteiger partial charge in [0.05, 0.1) is 0 Å². The minimum absolute atomic E-state index is 0.157. The van der Waals surface area contributed by atoms with Crippen LogP contribution in [-0.2, 0) is 0 Å². The molecular weight excluding hydrogens is 285 g/mol. The summed E-state index contributed by atoms with van der Waals surface area (Å²) in [7, 11) is 0. The first-order valence-corrected chi connectivity index (χ1v) is 5.74. The molecule has 0 aliphatic rings. The highest BCUT2D eigenvalue weighted by atomic mass is 19.2. The molecule has 7 heteroatoms. The Kier molecular flexibility index (Phi) is 3.93. The van der Waals surface area contributed by atoms with E-state index in [-0.39, 0.29) is 11.3 Å². The monoisotopic (exact) mass is 294 g/mol. The van der Waals surface area contributed by atoms with Crippen molar-refractivity contribution < 1.29 is 22.8 Å². The van der Waals surface area contributed by atoms with Crippen LogP contribution in [0.3, 0.4) is 0 Å². The van der Waals surface area contributed by atoms with Gasteiger partial charge in [0.2, 0.25) is 5.91 Å². The Hall–Kier alpha value is -2.83. The number of nitrogens with two attached hydrogens (primary N) is 1. The molecule has 2 aromatic rings. The van der Waals surface area contributed by atoms with Gasteiger partial charge in [-0.05, 0) is 30.3 Å². The summed E-state index contributed by atoms with van der Waals surface area (Å²) in [6.07, 6.45) is 0. The molecule has 108 valence electrons. The number of benzene rings is 2. The van der Waals surface area contributed by atoms with Crippen LogP contribution in [0.1, 0.15) is 20.7 Å². The highest BCUT2D eigenvalue weighted by molar-refractivity contribution is 6.05. The van der Waals surface area contributed by atoms with Crippen LogP contribution in [0, 0.1) is 17.5 Å². The average molecular weight is 294 g/mol. The molecule has 0 saturated carbocycles. The van der Waals surface area contributed by atoms with Crippen molar-refractivity contribution in [2.45, 2.75) is 0 Å². The van der Waals surface area contributed by atoms with E-state index in [0.717, 1.165) is 0 Å². The maximum atomic E-state index is 13.1. The molecule has 2 aromatic carbocycles. The number of halogens is 3. The van der Waals surface area contributed by atoms with Crippen LogP contribution in [-0.4, -0.2) is 11.8 Å². The highest BCUT2D eigenvalue weighted by Gasteiger charge is 2.15. The van der Waals surface area contributed by atoms with Crippen molar-refractivity contribution in [3.63, 3.8) is 0 Å². The molecule has 0 radical (unpaired) electrons. The van der Waals surface area contributed by atoms with Crippen LogP contribution in [0.25, 0.3) is 0 Å². The maximum absolute atomic E-state index is 13.1. The summed E-state index contributed by atoms with van der Waals surface area (Å²) in [5, 5.41) is 2.32. The molecule has 0 heterocycles. The van der Waals surface area contributed by atoms with Crippen molar-refractivity contribution in [3.05, 3.63) is 65.0 Å². The van der Waals surface area contributed by atoms with Gasteiger partial charge in [-0.2, -0.15) is 0 Å². The Morgan fingerprint density at radius 2 is 1.57 bits per heavy atom. The molecule has 0 aliphatic carbocycles. The minimum atomic E-state index is -1.65. The van der Waals surface area contributed by atoms with Gasteiger partial charge < -0.3 is 11.1 Å². The topological polar surface area (TPSA) is 72.2 Å². The molecule has 0 bridgehead atoms.